The number of nitrogens with zero attached hydrogens (tertiary/aromatic N) is 2. The Morgan fingerprint density at radius 2 is 1.56 bits per heavy atom. The van der Waals surface area contributed by atoms with E-state index in [1.807, 2.05) is 60.0 Å². The fraction of sp³-hybridized carbons (Fsp3) is 0.600. The predicted molar refractivity (Wildman–Crippen MR) is 136 cm³/mol. The number of benzene rings is 1. The molecule has 0 aliphatic rings. The largest absolute Gasteiger partial charge is 0.379 e. The van der Waals surface area contributed by atoms with Gasteiger partial charge in [0.05, 0.1) is 58.5 Å². The summed E-state index contributed by atoms with van der Waals surface area (Å²) in [7, 11) is 0. The standard InChI is InChI=1S/C25H39N3O5S/c1-21-19-27-28(20-21)22(2)23-5-7-24(8-6-23)25(29)26-9-11-31-13-15-33-17-16-32-14-12-30-10-4-18-34-3/h5-8,19-20,22H,4,9-18H2,1-3H3,(H,26,29). The van der Waals surface area contributed by atoms with Gasteiger partial charge in [-0.05, 0) is 55.5 Å². The van der Waals surface area contributed by atoms with Gasteiger partial charge in [0.15, 0.2) is 0 Å². The van der Waals surface area contributed by atoms with Crippen molar-refractivity contribution in [2.24, 2.45) is 0 Å². The molecule has 0 aliphatic heterocycles. The molecule has 1 heterocycles. The van der Waals surface area contributed by atoms with Gasteiger partial charge < -0.3 is 24.3 Å². The van der Waals surface area contributed by atoms with Crippen LogP contribution in [-0.4, -0.2) is 87.1 Å². The van der Waals surface area contributed by atoms with Crippen molar-refractivity contribution in [1.82, 2.24) is 15.1 Å². The number of ether oxygens (including phenoxy) is 4. The van der Waals surface area contributed by atoms with E-state index in [0.717, 1.165) is 29.9 Å². The first kappa shape index (κ1) is 28.3. The van der Waals surface area contributed by atoms with Crippen LogP contribution in [0.4, 0.5) is 0 Å². The lowest BCUT2D eigenvalue weighted by molar-refractivity contribution is -0.00124. The minimum absolute atomic E-state index is 0.112. The van der Waals surface area contributed by atoms with Gasteiger partial charge in [-0.3, -0.25) is 9.48 Å². The van der Waals surface area contributed by atoms with E-state index in [4.69, 9.17) is 18.9 Å². The summed E-state index contributed by atoms with van der Waals surface area (Å²) in [6, 6.07) is 7.72. The second kappa shape index (κ2) is 17.5. The summed E-state index contributed by atoms with van der Waals surface area (Å²) in [6.45, 7) is 9.04. The number of aromatic nitrogens is 2. The average molecular weight is 494 g/mol. The van der Waals surface area contributed by atoms with Crippen molar-refractivity contribution in [1.29, 1.82) is 0 Å². The summed E-state index contributed by atoms with van der Waals surface area (Å²) in [5, 5.41) is 7.23. The lowest BCUT2D eigenvalue weighted by Crippen LogP contribution is -2.27. The number of carbonyl (C=O) groups excluding carboxylic acids is 1. The Hall–Kier alpha value is -1.91. The van der Waals surface area contributed by atoms with E-state index in [-0.39, 0.29) is 11.9 Å². The molecule has 1 amide bonds. The smallest absolute Gasteiger partial charge is 0.251 e. The Morgan fingerprint density at radius 1 is 0.971 bits per heavy atom. The highest BCUT2D eigenvalue weighted by Gasteiger charge is 2.10. The van der Waals surface area contributed by atoms with Crippen molar-refractivity contribution >= 4 is 17.7 Å². The second-order valence-electron chi connectivity index (χ2n) is 7.85. The number of hydrogen-bond acceptors (Lipinski definition) is 7. The summed E-state index contributed by atoms with van der Waals surface area (Å²) in [5.74, 6) is 1.02. The van der Waals surface area contributed by atoms with Crippen LogP contribution < -0.4 is 5.32 Å². The van der Waals surface area contributed by atoms with Gasteiger partial charge in [0.1, 0.15) is 0 Å². The first-order chi connectivity index (χ1) is 16.6. The molecule has 9 heteroatoms. The lowest BCUT2D eigenvalue weighted by atomic mass is 10.1. The van der Waals surface area contributed by atoms with E-state index >= 15 is 0 Å². The number of nitrogens with one attached hydrogen (secondary N) is 1. The normalized spacial score (nSPS) is 12.1. The van der Waals surface area contributed by atoms with Gasteiger partial charge >= 0.3 is 0 Å². The van der Waals surface area contributed by atoms with Crippen LogP contribution in [0.1, 0.15) is 40.9 Å². The minimum Gasteiger partial charge on any atom is -0.379 e. The third-order valence-corrected chi connectivity index (χ3v) is 5.76. The number of rotatable bonds is 19. The van der Waals surface area contributed by atoms with E-state index in [1.54, 1.807) is 0 Å². The zero-order valence-electron chi connectivity index (χ0n) is 20.7. The van der Waals surface area contributed by atoms with Crippen molar-refractivity contribution in [2.45, 2.75) is 26.3 Å². The summed E-state index contributed by atoms with van der Waals surface area (Å²) in [5.41, 5.74) is 2.85. The van der Waals surface area contributed by atoms with E-state index in [2.05, 4.69) is 23.6 Å². The van der Waals surface area contributed by atoms with Gasteiger partial charge in [0.2, 0.25) is 0 Å². The van der Waals surface area contributed by atoms with Crippen molar-refractivity contribution in [3.05, 3.63) is 53.3 Å². The maximum atomic E-state index is 12.3. The Balaban J connectivity index is 1.44. The third kappa shape index (κ3) is 11.5. The molecule has 0 bridgehead atoms. The van der Waals surface area contributed by atoms with Crippen LogP contribution in [-0.2, 0) is 18.9 Å². The fourth-order valence-electron chi connectivity index (χ4n) is 3.12. The SMILES string of the molecule is CSCCCOCCOCCOCCOCCNC(=O)c1ccc(C(C)n2cc(C)cn2)cc1. The van der Waals surface area contributed by atoms with Gasteiger partial charge in [-0.25, -0.2) is 0 Å². The molecule has 0 radical (unpaired) electrons. The van der Waals surface area contributed by atoms with E-state index in [9.17, 15) is 4.79 Å². The summed E-state index contributed by atoms with van der Waals surface area (Å²) in [4.78, 5) is 12.3. The number of amides is 1. The van der Waals surface area contributed by atoms with Crippen LogP contribution in [0.3, 0.4) is 0 Å². The van der Waals surface area contributed by atoms with E-state index < -0.39 is 0 Å². The molecular weight excluding hydrogens is 454 g/mol. The molecule has 0 saturated carbocycles. The summed E-state index contributed by atoms with van der Waals surface area (Å²) in [6.07, 6.45) is 7.02. The highest BCUT2D eigenvalue weighted by molar-refractivity contribution is 7.98. The molecule has 1 N–H and O–H groups in total. The zero-order valence-corrected chi connectivity index (χ0v) is 21.5. The minimum atomic E-state index is -0.112. The Bertz CT molecular complexity index is 800. The van der Waals surface area contributed by atoms with Crippen molar-refractivity contribution < 1.29 is 23.7 Å². The molecule has 8 nitrogen and oxygen atoms in total. The predicted octanol–water partition coefficient (Wildman–Crippen LogP) is 3.35. The number of aryl methyl sites for hydroxylation is 1. The van der Waals surface area contributed by atoms with Gasteiger partial charge in [-0.2, -0.15) is 16.9 Å². The molecule has 0 saturated heterocycles. The van der Waals surface area contributed by atoms with Crippen LogP contribution in [0.15, 0.2) is 36.7 Å². The highest BCUT2D eigenvalue weighted by Crippen LogP contribution is 2.18. The summed E-state index contributed by atoms with van der Waals surface area (Å²) < 4.78 is 23.8. The molecule has 2 aromatic rings. The molecule has 1 aromatic carbocycles. The molecule has 190 valence electrons. The van der Waals surface area contributed by atoms with Crippen molar-refractivity contribution in [3.8, 4) is 0 Å². The fourth-order valence-corrected chi connectivity index (χ4v) is 3.52. The van der Waals surface area contributed by atoms with E-state index in [1.165, 1.54) is 0 Å². The maximum Gasteiger partial charge on any atom is 0.251 e. The van der Waals surface area contributed by atoms with Crippen LogP contribution >= 0.6 is 11.8 Å². The highest BCUT2D eigenvalue weighted by atomic mass is 32.2. The second-order valence-corrected chi connectivity index (χ2v) is 8.83. The maximum absolute atomic E-state index is 12.3. The van der Waals surface area contributed by atoms with Crippen molar-refractivity contribution in [3.63, 3.8) is 0 Å². The molecular formula is C25H39N3O5S. The monoisotopic (exact) mass is 493 g/mol. The molecule has 34 heavy (non-hydrogen) atoms. The summed E-state index contributed by atoms with van der Waals surface area (Å²) >= 11 is 1.83. The van der Waals surface area contributed by atoms with Gasteiger partial charge in [0, 0.05) is 24.9 Å². The first-order valence-electron chi connectivity index (χ1n) is 11.8. The van der Waals surface area contributed by atoms with Crippen LogP contribution in [0.5, 0.6) is 0 Å². The Labute approximate surface area is 207 Å². The number of hydrogen-bond donors (Lipinski definition) is 1. The molecule has 2 rings (SSSR count). The Kier molecular flexibility index (Phi) is 14.6. The molecule has 1 unspecified atom stereocenters. The van der Waals surface area contributed by atoms with Gasteiger partial charge in [0.25, 0.3) is 5.91 Å². The van der Waals surface area contributed by atoms with Crippen molar-refractivity contribution in [2.75, 3.05) is 71.4 Å². The zero-order chi connectivity index (χ0) is 24.4. The lowest BCUT2D eigenvalue weighted by Gasteiger charge is -2.13. The van der Waals surface area contributed by atoms with Crippen LogP contribution in [0.25, 0.3) is 0 Å². The molecule has 0 spiro atoms. The van der Waals surface area contributed by atoms with Crippen LogP contribution in [0.2, 0.25) is 0 Å². The number of thioether (sulfide) groups is 1. The first-order valence-corrected chi connectivity index (χ1v) is 13.2. The number of carbonyl (C=O) groups is 1. The third-order valence-electron chi connectivity index (χ3n) is 5.07. The Morgan fingerprint density at radius 3 is 2.12 bits per heavy atom. The average Bonchev–Trinajstić information content (AvgIpc) is 3.29. The molecule has 0 aliphatic carbocycles. The van der Waals surface area contributed by atoms with Gasteiger partial charge in [-0.15, -0.1) is 0 Å². The van der Waals surface area contributed by atoms with E-state index in [0.29, 0.717) is 58.4 Å². The molecule has 1 aromatic heterocycles. The topological polar surface area (TPSA) is 83.8 Å². The molecule has 0 fully saturated rings. The van der Waals surface area contributed by atoms with Gasteiger partial charge in [-0.1, -0.05) is 12.1 Å². The quantitative estimate of drug-likeness (QED) is 0.301. The van der Waals surface area contributed by atoms with Crippen LogP contribution in [0, 0.1) is 6.92 Å². The molecule has 1 atom stereocenters.